The Bertz CT molecular complexity index is 442. The number of amides is 1. The Balaban J connectivity index is 2.27. The van der Waals surface area contributed by atoms with Crippen LogP contribution in [-0.4, -0.2) is 23.9 Å². The number of nitrogens with zero attached hydrogens (tertiary/aromatic N) is 1. The average Bonchev–Trinajstić information content (AvgIpc) is 2.33. The maximum atomic E-state index is 11.2. The Morgan fingerprint density at radius 2 is 2.17 bits per heavy atom. The second-order valence-electron chi connectivity index (χ2n) is 5.24. The van der Waals surface area contributed by atoms with Crippen LogP contribution in [0.3, 0.4) is 0 Å². The molecular formula is C15H22N2O. The third-order valence-electron chi connectivity index (χ3n) is 3.98. The SMILES string of the molecule is Cc1cccc([C@@H]2CCCCN2CC(N)=O)c1C. The Morgan fingerprint density at radius 3 is 2.89 bits per heavy atom. The van der Waals surface area contributed by atoms with E-state index in [-0.39, 0.29) is 5.91 Å². The van der Waals surface area contributed by atoms with Crippen LogP contribution in [0.15, 0.2) is 18.2 Å². The molecule has 1 aromatic rings. The van der Waals surface area contributed by atoms with Crippen molar-refractivity contribution in [1.82, 2.24) is 4.90 Å². The number of benzene rings is 1. The van der Waals surface area contributed by atoms with E-state index in [9.17, 15) is 4.79 Å². The number of piperidine rings is 1. The molecule has 18 heavy (non-hydrogen) atoms. The zero-order valence-corrected chi connectivity index (χ0v) is 11.3. The topological polar surface area (TPSA) is 46.3 Å². The molecule has 0 bridgehead atoms. The number of hydrogen-bond donors (Lipinski definition) is 1. The lowest BCUT2D eigenvalue weighted by Gasteiger charge is -2.36. The van der Waals surface area contributed by atoms with Crippen LogP contribution in [0.2, 0.25) is 0 Å². The lowest BCUT2D eigenvalue weighted by molar-refractivity contribution is -0.120. The van der Waals surface area contributed by atoms with E-state index < -0.39 is 0 Å². The van der Waals surface area contributed by atoms with E-state index in [1.54, 1.807) is 0 Å². The van der Waals surface area contributed by atoms with Gasteiger partial charge in [-0.25, -0.2) is 0 Å². The van der Waals surface area contributed by atoms with Crippen molar-refractivity contribution in [2.75, 3.05) is 13.1 Å². The summed E-state index contributed by atoms with van der Waals surface area (Å²) in [4.78, 5) is 13.4. The van der Waals surface area contributed by atoms with E-state index in [0.717, 1.165) is 19.4 Å². The molecule has 0 radical (unpaired) electrons. The molecule has 1 aliphatic heterocycles. The van der Waals surface area contributed by atoms with Gasteiger partial charge in [0, 0.05) is 6.04 Å². The van der Waals surface area contributed by atoms with Crippen LogP contribution in [0, 0.1) is 13.8 Å². The van der Waals surface area contributed by atoms with Crippen molar-refractivity contribution in [2.45, 2.75) is 39.2 Å². The van der Waals surface area contributed by atoms with Crippen LogP contribution in [0.25, 0.3) is 0 Å². The molecule has 1 amide bonds. The number of carbonyl (C=O) groups is 1. The number of primary amides is 1. The monoisotopic (exact) mass is 246 g/mol. The van der Waals surface area contributed by atoms with Crippen molar-refractivity contribution < 1.29 is 4.79 Å². The van der Waals surface area contributed by atoms with E-state index in [1.165, 1.54) is 23.1 Å². The van der Waals surface area contributed by atoms with E-state index in [2.05, 4.69) is 36.9 Å². The van der Waals surface area contributed by atoms with Crippen molar-refractivity contribution in [3.05, 3.63) is 34.9 Å². The van der Waals surface area contributed by atoms with Gasteiger partial charge in [-0.1, -0.05) is 24.6 Å². The predicted octanol–water partition coefficient (Wildman–Crippen LogP) is 2.32. The van der Waals surface area contributed by atoms with Crippen molar-refractivity contribution >= 4 is 5.91 Å². The molecule has 1 aromatic carbocycles. The second-order valence-corrected chi connectivity index (χ2v) is 5.24. The van der Waals surface area contributed by atoms with Gasteiger partial charge >= 0.3 is 0 Å². The summed E-state index contributed by atoms with van der Waals surface area (Å²) in [5.74, 6) is -0.229. The van der Waals surface area contributed by atoms with Gasteiger partial charge in [0.25, 0.3) is 0 Å². The third-order valence-corrected chi connectivity index (χ3v) is 3.98. The smallest absolute Gasteiger partial charge is 0.231 e. The van der Waals surface area contributed by atoms with E-state index in [0.29, 0.717) is 12.6 Å². The summed E-state index contributed by atoms with van der Waals surface area (Å²) in [6, 6.07) is 6.78. The molecule has 0 aliphatic carbocycles. The van der Waals surface area contributed by atoms with Crippen LogP contribution in [-0.2, 0) is 4.79 Å². The van der Waals surface area contributed by atoms with Crippen LogP contribution in [0.1, 0.15) is 42.0 Å². The number of carbonyl (C=O) groups excluding carboxylic acids is 1. The summed E-state index contributed by atoms with van der Waals surface area (Å²) >= 11 is 0. The number of rotatable bonds is 3. The Hall–Kier alpha value is -1.35. The van der Waals surface area contributed by atoms with Crippen LogP contribution >= 0.6 is 0 Å². The molecule has 0 aromatic heterocycles. The molecule has 1 heterocycles. The quantitative estimate of drug-likeness (QED) is 0.889. The summed E-state index contributed by atoms with van der Waals surface area (Å²) in [6.07, 6.45) is 3.51. The molecule has 0 spiro atoms. The minimum Gasteiger partial charge on any atom is -0.369 e. The van der Waals surface area contributed by atoms with E-state index >= 15 is 0 Å². The van der Waals surface area contributed by atoms with Crippen molar-refractivity contribution in [3.63, 3.8) is 0 Å². The van der Waals surface area contributed by atoms with Gasteiger partial charge in [0.1, 0.15) is 0 Å². The average molecular weight is 246 g/mol. The number of hydrogen-bond acceptors (Lipinski definition) is 2. The molecule has 3 nitrogen and oxygen atoms in total. The number of nitrogens with two attached hydrogens (primary N) is 1. The maximum absolute atomic E-state index is 11.2. The molecular weight excluding hydrogens is 224 g/mol. The highest BCUT2D eigenvalue weighted by molar-refractivity contribution is 5.76. The van der Waals surface area contributed by atoms with Crippen molar-refractivity contribution in [1.29, 1.82) is 0 Å². The predicted molar refractivity (Wildman–Crippen MR) is 73.3 cm³/mol. The van der Waals surface area contributed by atoms with Crippen molar-refractivity contribution in [3.8, 4) is 0 Å². The Kier molecular flexibility index (Phi) is 4.02. The molecule has 2 rings (SSSR count). The lowest BCUT2D eigenvalue weighted by Crippen LogP contribution is -2.39. The Morgan fingerprint density at radius 1 is 1.39 bits per heavy atom. The van der Waals surface area contributed by atoms with Crippen LogP contribution in [0.5, 0.6) is 0 Å². The zero-order valence-electron chi connectivity index (χ0n) is 11.3. The highest BCUT2D eigenvalue weighted by atomic mass is 16.1. The molecule has 3 heteroatoms. The summed E-state index contributed by atoms with van der Waals surface area (Å²) in [5, 5.41) is 0. The summed E-state index contributed by atoms with van der Waals surface area (Å²) < 4.78 is 0. The molecule has 1 fully saturated rings. The molecule has 0 saturated carbocycles. The van der Waals surface area contributed by atoms with Crippen LogP contribution < -0.4 is 5.73 Å². The second kappa shape index (κ2) is 5.53. The van der Waals surface area contributed by atoms with Crippen LogP contribution in [0.4, 0.5) is 0 Å². The fraction of sp³-hybridized carbons (Fsp3) is 0.533. The number of likely N-dealkylation sites (tertiary alicyclic amines) is 1. The highest BCUT2D eigenvalue weighted by Gasteiger charge is 2.26. The van der Waals surface area contributed by atoms with Gasteiger partial charge in [-0.05, 0) is 49.9 Å². The first kappa shape index (κ1) is 13.1. The summed E-state index contributed by atoms with van der Waals surface area (Å²) in [5.41, 5.74) is 9.37. The molecule has 0 unspecified atom stereocenters. The van der Waals surface area contributed by atoms with Gasteiger partial charge in [-0.15, -0.1) is 0 Å². The van der Waals surface area contributed by atoms with Gasteiger partial charge in [0.2, 0.25) is 5.91 Å². The molecule has 1 aliphatic rings. The van der Waals surface area contributed by atoms with Gasteiger partial charge < -0.3 is 5.73 Å². The summed E-state index contributed by atoms with van der Waals surface area (Å²) in [6.45, 7) is 5.65. The normalized spacial score (nSPS) is 20.9. The van der Waals surface area contributed by atoms with E-state index in [4.69, 9.17) is 5.73 Å². The zero-order chi connectivity index (χ0) is 13.1. The fourth-order valence-electron chi connectivity index (χ4n) is 2.87. The van der Waals surface area contributed by atoms with Gasteiger partial charge in [-0.2, -0.15) is 0 Å². The largest absolute Gasteiger partial charge is 0.369 e. The van der Waals surface area contributed by atoms with Gasteiger partial charge in [0.15, 0.2) is 0 Å². The highest BCUT2D eigenvalue weighted by Crippen LogP contribution is 2.33. The summed E-state index contributed by atoms with van der Waals surface area (Å²) in [7, 11) is 0. The first-order valence-corrected chi connectivity index (χ1v) is 6.68. The standard InChI is InChI=1S/C15H22N2O/c1-11-6-5-7-13(12(11)2)14-8-3-4-9-17(14)10-15(16)18/h5-7,14H,3-4,8-10H2,1-2H3,(H2,16,18)/t14-/m0/s1. The fourth-order valence-corrected chi connectivity index (χ4v) is 2.87. The lowest BCUT2D eigenvalue weighted by atomic mass is 9.90. The molecule has 98 valence electrons. The molecule has 1 saturated heterocycles. The molecule has 2 N–H and O–H groups in total. The first-order valence-electron chi connectivity index (χ1n) is 6.68. The van der Waals surface area contributed by atoms with Gasteiger partial charge in [-0.3, -0.25) is 9.69 Å². The minimum absolute atomic E-state index is 0.229. The van der Waals surface area contributed by atoms with E-state index in [1.807, 2.05) is 0 Å². The third kappa shape index (κ3) is 2.72. The van der Waals surface area contributed by atoms with Gasteiger partial charge in [0.05, 0.1) is 6.54 Å². The molecule has 1 atom stereocenters. The first-order chi connectivity index (χ1) is 8.59. The van der Waals surface area contributed by atoms with Crippen molar-refractivity contribution in [2.24, 2.45) is 5.73 Å². The Labute approximate surface area is 109 Å². The minimum atomic E-state index is -0.229. The number of aryl methyl sites for hydroxylation is 1. The maximum Gasteiger partial charge on any atom is 0.231 e.